The highest BCUT2D eigenvalue weighted by molar-refractivity contribution is 5.61. The topological polar surface area (TPSA) is 58.0 Å². The van der Waals surface area contributed by atoms with Gasteiger partial charge in [-0.25, -0.2) is 14.4 Å². The largest absolute Gasteiger partial charge is 0.505 e. The van der Waals surface area contributed by atoms with Crippen LogP contribution >= 0.6 is 0 Å². The number of aromatic hydroxyl groups is 1. The van der Waals surface area contributed by atoms with E-state index in [1.54, 1.807) is 6.07 Å². The molecule has 0 amide bonds. The molecule has 1 aromatic heterocycles. The van der Waals surface area contributed by atoms with Gasteiger partial charge in [-0.1, -0.05) is 13.8 Å². The van der Waals surface area contributed by atoms with Gasteiger partial charge in [0.05, 0.1) is 0 Å². The van der Waals surface area contributed by atoms with Crippen LogP contribution in [0.2, 0.25) is 0 Å². The monoisotopic (exact) mass is 289 g/mol. The molecule has 2 N–H and O–H groups in total. The van der Waals surface area contributed by atoms with Gasteiger partial charge < -0.3 is 10.4 Å². The minimum Gasteiger partial charge on any atom is -0.505 e. The fourth-order valence-electron chi connectivity index (χ4n) is 2.18. The molecule has 0 radical (unpaired) electrons. The number of hydrogen-bond acceptors (Lipinski definition) is 4. The Kier molecular flexibility index (Phi) is 4.73. The van der Waals surface area contributed by atoms with Crippen LogP contribution in [0.3, 0.4) is 0 Å². The third-order valence-electron chi connectivity index (χ3n) is 3.32. The van der Waals surface area contributed by atoms with Crippen molar-refractivity contribution in [3.05, 3.63) is 35.3 Å². The predicted molar refractivity (Wildman–Crippen MR) is 82.0 cm³/mol. The maximum absolute atomic E-state index is 13.5. The number of aryl methyl sites for hydroxylation is 1. The molecule has 0 unspecified atom stereocenters. The van der Waals surface area contributed by atoms with Crippen molar-refractivity contribution in [3.63, 3.8) is 0 Å². The lowest BCUT2D eigenvalue weighted by molar-refractivity contribution is 0.432. The Hall–Kier alpha value is -2.17. The average molecular weight is 289 g/mol. The number of aromatic nitrogens is 2. The minimum atomic E-state index is -0.670. The number of nitrogens with one attached hydrogen (secondary N) is 1. The van der Waals surface area contributed by atoms with E-state index in [2.05, 4.69) is 29.1 Å². The third-order valence-corrected chi connectivity index (χ3v) is 3.32. The molecule has 0 bridgehead atoms. The van der Waals surface area contributed by atoms with Crippen LogP contribution in [-0.4, -0.2) is 21.6 Å². The Morgan fingerprint density at radius 3 is 2.62 bits per heavy atom. The van der Waals surface area contributed by atoms with Crippen LogP contribution in [0.15, 0.2) is 18.2 Å². The first-order chi connectivity index (χ1) is 10.1. The zero-order chi connectivity index (χ0) is 15.4. The molecule has 5 heteroatoms. The Labute approximate surface area is 124 Å². The van der Waals surface area contributed by atoms with E-state index >= 15 is 0 Å². The number of nitrogens with zero attached hydrogens (tertiary/aromatic N) is 2. The lowest BCUT2D eigenvalue weighted by Crippen LogP contribution is -2.09. The molecule has 0 saturated heterocycles. The summed E-state index contributed by atoms with van der Waals surface area (Å²) in [5.41, 5.74) is 2.51. The van der Waals surface area contributed by atoms with Crippen molar-refractivity contribution in [1.82, 2.24) is 9.97 Å². The molecular formula is C16H20FN3O. The van der Waals surface area contributed by atoms with Gasteiger partial charge in [0.1, 0.15) is 5.82 Å². The maximum Gasteiger partial charge on any atom is 0.165 e. The quantitative estimate of drug-likeness (QED) is 0.881. The van der Waals surface area contributed by atoms with Crippen molar-refractivity contribution in [1.29, 1.82) is 0 Å². The van der Waals surface area contributed by atoms with Crippen LogP contribution in [0.25, 0.3) is 11.4 Å². The highest BCUT2D eigenvalue weighted by Gasteiger charge is 2.12. The zero-order valence-electron chi connectivity index (χ0n) is 12.6. The summed E-state index contributed by atoms with van der Waals surface area (Å²) < 4.78 is 13.5. The Balaban J connectivity index is 2.48. The first-order valence-electron chi connectivity index (χ1n) is 7.17. The number of rotatable bonds is 5. The van der Waals surface area contributed by atoms with Gasteiger partial charge in [0.2, 0.25) is 0 Å². The summed E-state index contributed by atoms with van der Waals surface area (Å²) in [6, 6.07) is 4.18. The normalized spacial score (nSPS) is 10.7. The molecule has 112 valence electrons. The van der Waals surface area contributed by atoms with E-state index in [0.29, 0.717) is 11.4 Å². The van der Waals surface area contributed by atoms with Gasteiger partial charge in [0.15, 0.2) is 17.4 Å². The summed E-state index contributed by atoms with van der Waals surface area (Å²) in [4.78, 5) is 8.97. The van der Waals surface area contributed by atoms with Crippen LogP contribution in [0.5, 0.6) is 5.75 Å². The van der Waals surface area contributed by atoms with Crippen molar-refractivity contribution in [3.8, 4) is 17.1 Å². The summed E-state index contributed by atoms with van der Waals surface area (Å²) in [5, 5.41) is 12.6. The molecule has 1 heterocycles. The van der Waals surface area contributed by atoms with E-state index in [0.717, 1.165) is 36.5 Å². The fourth-order valence-corrected chi connectivity index (χ4v) is 2.18. The van der Waals surface area contributed by atoms with Gasteiger partial charge in [0.25, 0.3) is 0 Å². The molecule has 21 heavy (non-hydrogen) atoms. The molecule has 1 aromatic carbocycles. The SMILES string of the molecule is CCCNc1nc(-c2ccc(O)c(F)c2)nc(C)c1CC. The number of phenolic OH excluding ortho intramolecular Hbond substituents is 1. The van der Waals surface area contributed by atoms with Crippen LogP contribution in [0.4, 0.5) is 10.2 Å². The van der Waals surface area contributed by atoms with Crippen LogP contribution < -0.4 is 5.32 Å². The molecule has 0 aliphatic heterocycles. The summed E-state index contributed by atoms with van der Waals surface area (Å²) in [6.07, 6.45) is 1.83. The zero-order valence-corrected chi connectivity index (χ0v) is 12.6. The average Bonchev–Trinajstić information content (AvgIpc) is 2.47. The highest BCUT2D eigenvalue weighted by Crippen LogP contribution is 2.26. The molecule has 0 atom stereocenters. The van der Waals surface area contributed by atoms with E-state index in [1.807, 2.05) is 6.92 Å². The number of anilines is 1. The van der Waals surface area contributed by atoms with Gasteiger partial charge in [-0.3, -0.25) is 0 Å². The summed E-state index contributed by atoms with van der Waals surface area (Å²) >= 11 is 0. The van der Waals surface area contributed by atoms with E-state index in [9.17, 15) is 9.50 Å². The number of halogens is 1. The van der Waals surface area contributed by atoms with Crippen molar-refractivity contribution in [2.75, 3.05) is 11.9 Å². The van der Waals surface area contributed by atoms with Crippen LogP contribution in [0.1, 0.15) is 31.5 Å². The minimum absolute atomic E-state index is 0.370. The molecule has 2 aromatic rings. The van der Waals surface area contributed by atoms with Gasteiger partial charge in [0, 0.05) is 23.4 Å². The van der Waals surface area contributed by atoms with Gasteiger partial charge in [-0.05, 0) is 38.0 Å². The molecule has 0 aliphatic carbocycles. The Bertz CT molecular complexity index is 644. The fraction of sp³-hybridized carbons (Fsp3) is 0.375. The first kappa shape index (κ1) is 15.2. The van der Waals surface area contributed by atoms with Gasteiger partial charge >= 0.3 is 0 Å². The standard InChI is InChI=1S/C16H20FN3O/c1-4-8-18-16-12(5-2)10(3)19-15(20-16)11-6-7-14(21)13(17)9-11/h6-7,9,21H,4-5,8H2,1-3H3,(H,18,19,20). The van der Waals surface area contributed by atoms with Gasteiger partial charge in [-0.2, -0.15) is 0 Å². The molecule has 0 fully saturated rings. The number of phenols is 1. The van der Waals surface area contributed by atoms with Crippen LogP contribution in [0, 0.1) is 12.7 Å². The Morgan fingerprint density at radius 2 is 2.00 bits per heavy atom. The molecular weight excluding hydrogens is 269 g/mol. The lowest BCUT2D eigenvalue weighted by atomic mass is 10.1. The molecule has 0 saturated carbocycles. The second-order valence-electron chi connectivity index (χ2n) is 4.91. The van der Waals surface area contributed by atoms with E-state index in [1.165, 1.54) is 12.1 Å². The van der Waals surface area contributed by atoms with E-state index < -0.39 is 5.82 Å². The lowest BCUT2D eigenvalue weighted by Gasteiger charge is -2.13. The van der Waals surface area contributed by atoms with Crippen molar-refractivity contribution in [2.24, 2.45) is 0 Å². The highest BCUT2D eigenvalue weighted by atomic mass is 19.1. The summed E-state index contributed by atoms with van der Waals surface area (Å²) in [5.74, 6) is 0.221. The molecule has 2 rings (SSSR count). The van der Waals surface area contributed by atoms with Crippen LogP contribution in [-0.2, 0) is 6.42 Å². The molecule has 0 spiro atoms. The van der Waals surface area contributed by atoms with Gasteiger partial charge in [-0.15, -0.1) is 0 Å². The first-order valence-corrected chi connectivity index (χ1v) is 7.17. The summed E-state index contributed by atoms with van der Waals surface area (Å²) in [7, 11) is 0. The number of benzene rings is 1. The summed E-state index contributed by atoms with van der Waals surface area (Å²) in [6.45, 7) is 6.90. The second-order valence-corrected chi connectivity index (χ2v) is 4.91. The smallest absolute Gasteiger partial charge is 0.165 e. The Morgan fingerprint density at radius 1 is 1.24 bits per heavy atom. The molecule has 0 aliphatic rings. The maximum atomic E-state index is 13.5. The molecule has 4 nitrogen and oxygen atoms in total. The predicted octanol–water partition coefficient (Wildman–Crippen LogP) is 3.68. The third kappa shape index (κ3) is 3.29. The van der Waals surface area contributed by atoms with E-state index in [4.69, 9.17) is 0 Å². The second kappa shape index (κ2) is 6.52. The van der Waals surface area contributed by atoms with E-state index in [-0.39, 0.29) is 5.75 Å². The van der Waals surface area contributed by atoms with Crippen molar-refractivity contribution < 1.29 is 9.50 Å². The van der Waals surface area contributed by atoms with Crippen molar-refractivity contribution >= 4 is 5.82 Å². The van der Waals surface area contributed by atoms with Crippen molar-refractivity contribution in [2.45, 2.75) is 33.6 Å². The number of hydrogen-bond donors (Lipinski definition) is 2.